The highest BCUT2D eigenvalue weighted by Crippen LogP contribution is 2.37. The van der Waals surface area contributed by atoms with Gasteiger partial charge in [-0.1, -0.05) is 42.8 Å². The summed E-state index contributed by atoms with van der Waals surface area (Å²) in [6.07, 6.45) is 0. The van der Waals surface area contributed by atoms with Gasteiger partial charge in [0.2, 0.25) is 0 Å². The lowest BCUT2D eigenvalue weighted by Gasteiger charge is -2.30. The molecule has 2 N–H and O–H groups in total. The van der Waals surface area contributed by atoms with Gasteiger partial charge < -0.3 is 5.11 Å². The van der Waals surface area contributed by atoms with E-state index in [4.69, 9.17) is 11.6 Å². The van der Waals surface area contributed by atoms with Gasteiger partial charge in [-0.05, 0) is 24.1 Å². The van der Waals surface area contributed by atoms with Crippen molar-refractivity contribution in [3.05, 3.63) is 57.2 Å². The summed E-state index contributed by atoms with van der Waals surface area (Å²) in [5.74, 6) is -0.954. The van der Waals surface area contributed by atoms with Crippen molar-refractivity contribution in [1.29, 1.82) is 0 Å². The van der Waals surface area contributed by atoms with Crippen LogP contribution in [0.25, 0.3) is 0 Å². The first-order chi connectivity index (χ1) is 9.13. The van der Waals surface area contributed by atoms with Crippen LogP contribution in [0.2, 0.25) is 5.02 Å². The third-order valence-corrected chi connectivity index (χ3v) is 4.25. The Bertz CT molecular complexity index is 571. The minimum atomic E-state index is -1.29. The van der Waals surface area contributed by atoms with E-state index in [1.807, 2.05) is 24.4 Å². The minimum Gasteiger partial charge on any atom is -0.479 e. The fraction of sp³-hybridized carbons (Fsp3) is 0.214. The van der Waals surface area contributed by atoms with Crippen LogP contribution < -0.4 is 5.32 Å². The fourth-order valence-electron chi connectivity index (χ4n) is 2.13. The van der Waals surface area contributed by atoms with Crippen LogP contribution in [0.4, 0.5) is 0 Å². The number of carboxylic acids is 1. The summed E-state index contributed by atoms with van der Waals surface area (Å²) >= 11 is 7.61. The maximum atomic E-state index is 11.9. The van der Waals surface area contributed by atoms with Crippen LogP contribution in [0.5, 0.6) is 0 Å². The van der Waals surface area contributed by atoms with Gasteiger partial charge in [-0.2, -0.15) is 0 Å². The Kier molecular flexibility index (Phi) is 4.24. The molecule has 0 aliphatic rings. The Hall–Kier alpha value is -1.36. The van der Waals surface area contributed by atoms with E-state index in [0.29, 0.717) is 17.1 Å². The zero-order valence-electron chi connectivity index (χ0n) is 10.4. The van der Waals surface area contributed by atoms with Gasteiger partial charge in [0, 0.05) is 15.5 Å². The van der Waals surface area contributed by atoms with Crippen molar-refractivity contribution in [3.8, 4) is 0 Å². The fourth-order valence-corrected chi connectivity index (χ4v) is 3.32. The molecule has 100 valence electrons. The van der Waals surface area contributed by atoms with E-state index in [1.54, 1.807) is 24.3 Å². The molecule has 2 rings (SSSR count). The second kappa shape index (κ2) is 5.74. The summed E-state index contributed by atoms with van der Waals surface area (Å²) in [5, 5.41) is 15.2. The van der Waals surface area contributed by atoms with Crippen molar-refractivity contribution < 1.29 is 9.90 Å². The second-order valence-electron chi connectivity index (χ2n) is 4.04. The molecule has 2 aromatic rings. The molecule has 1 aromatic carbocycles. The molecule has 1 aromatic heterocycles. The van der Waals surface area contributed by atoms with E-state index in [0.717, 1.165) is 4.88 Å². The number of halogens is 1. The molecule has 0 aliphatic heterocycles. The van der Waals surface area contributed by atoms with E-state index in [2.05, 4.69) is 5.32 Å². The van der Waals surface area contributed by atoms with E-state index >= 15 is 0 Å². The summed E-state index contributed by atoms with van der Waals surface area (Å²) in [6.45, 7) is 2.40. The molecule has 5 heteroatoms. The monoisotopic (exact) mass is 295 g/mol. The Labute approximate surface area is 120 Å². The summed E-state index contributed by atoms with van der Waals surface area (Å²) in [6, 6.07) is 10.7. The number of thiophene rings is 1. The summed E-state index contributed by atoms with van der Waals surface area (Å²) in [4.78, 5) is 12.7. The largest absolute Gasteiger partial charge is 0.479 e. The Morgan fingerprint density at radius 2 is 2.11 bits per heavy atom. The maximum absolute atomic E-state index is 11.9. The van der Waals surface area contributed by atoms with Crippen molar-refractivity contribution in [3.63, 3.8) is 0 Å². The van der Waals surface area contributed by atoms with Crippen LogP contribution >= 0.6 is 22.9 Å². The average Bonchev–Trinajstić information content (AvgIpc) is 2.90. The van der Waals surface area contributed by atoms with Crippen LogP contribution in [0.3, 0.4) is 0 Å². The molecule has 0 aliphatic carbocycles. The third-order valence-electron chi connectivity index (χ3n) is 2.93. The van der Waals surface area contributed by atoms with Gasteiger partial charge >= 0.3 is 5.97 Å². The number of hydrogen-bond donors (Lipinski definition) is 2. The van der Waals surface area contributed by atoms with E-state index < -0.39 is 11.5 Å². The highest BCUT2D eigenvalue weighted by atomic mass is 35.5. The predicted molar refractivity (Wildman–Crippen MR) is 77.9 cm³/mol. The van der Waals surface area contributed by atoms with E-state index in [9.17, 15) is 9.90 Å². The smallest absolute Gasteiger partial charge is 0.334 e. The average molecular weight is 296 g/mol. The number of nitrogens with one attached hydrogen (secondary N) is 1. The second-order valence-corrected chi connectivity index (χ2v) is 5.40. The standard InChI is InChI=1S/C14H14ClNO2S/c1-2-16-14(13(17)18,12-8-5-9-19-12)10-6-3-4-7-11(10)15/h3-9,16H,2H2,1H3,(H,17,18). The molecule has 0 saturated heterocycles. The third kappa shape index (κ3) is 2.39. The Balaban J connectivity index is 2.70. The number of rotatable bonds is 5. The quantitative estimate of drug-likeness (QED) is 0.889. The predicted octanol–water partition coefficient (Wildman–Crippen LogP) is 3.34. The number of carbonyl (C=O) groups is 1. The lowest BCUT2D eigenvalue weighted by molar-refractivity contribution is -0.143. The molecule has 1 unspecified atom stereocenters. The van der Waals surface area contributed by atoms with Crippen LogP contribution in [0, 0.1) is 0 Å². The zero-order chi connectivity index (χ0) is 13.9. The molecule has 0 saturated carbocycles. The van der Waals surface area contributed by atoms with Gasteiger partial charge in [-0.15, -0.1) is 11.3 Å². The minimum absolute atomic E-state index is 0.444. The van der Waals surface area contributed by atoms with Gasteiger partial charge in [0.05, 0.1) is 0 Å². The topological polar surface area (TPSA) is 49.3 Å². The number of aliphatic carboxylic acids is 1. The molecule has 0 amide bonds. The van der Waals surface area contributed by atoms with Gasteiger partial charge in [0.1, 0.15) is 0 Å². The molecule has 0 bridgehead atoms. The summed E-state index contributed by atoms with van der Waals surface area (Å²) in [5.41, 5.74) is -0.727. The molecule has 0 radical (unpaired) electrons. The normalized spacial score (nSPS) is 14.0. The van der Waals surface area contributed by atoms with E-state index in [1.165, 1.54) is 11.3 Å². The number of likely N-dealkylation sites (N-methyl/N-ethyl adjacent to an activating group) is 1. The lowest BCUT2D eigenvalue weighted by Crippen LogP contribution is -2.49. The van der Waals surface area contributed by atoms with Crippen molar-refractivity contribution in [2.45, 2.75) is 12.5 Å². The van der Waals surface area contributed by atoms with Crippen LogP contribution in [0.15, 0.2) is 41.8 Å². The SMILES string of the molecule is CCNC(C(=O)O)(c1cccs1)c1ccccc1Cl. The Morgan fingerprint density at radius 1 is 1.37 bits per heavy atom. The molecule has 1 heterocycles. The van der Waals surface area contributed by atoms with Crippen molar-refractivity contribution in [2.24, 2.45) is 0 Å². The number of benzene rings is 1. The van der Waals surface area contributed by atoms with Crippen LogP contribution in [-0.4, -0.2) is 17.6 Å². The maximum Gasteiger partial charge on any atom is 0.334 e. The van der Waals surface area contributed by atoms with Gasteiger partial charge in [0.15, 0.2) is 5.54 Å². The van der Waals surface area contributed by atoms with Crippen LogP contribution in [-0.2, 0) is 10.3 Å². The van der Waals surface area contributed by atoms with E-state index in [-0.39, 0.29) is 0 Å². The molecule has 0 spiro atoms. The first kappa shape index (κ1) is 14.1. The summed E-state index contributed by atoms with van der Waals surface area (Å²) < 4.78 is 0. The summed E-state index contributed by atoms with van der Waals surface area (Å²) in [7, 11) is 0. The van der Waals surface area contributed by atoms with Gasteiger partial charge in [0.25, 0.3) is 0 Å². The first-order valence-corrected chi connectivity index (χ1v) is 7.16. The van der Waals surface area contributed by atoms with Gasteiger partial charge in [-0.25, -0.2) is 4.79 Å². The van der Waals surface area contributed by atoms with Crippen molar-refractivity contribution >= 4 is 28.9 Å². The van der Waals surface area contributed by atoms with Crippen molar-refractivity contribution in [2.75, 3.05) is 6.54 Å². The zero-order valence-corrected chi connectivity index (χ0v) is 12.0. The van der Waals surface area contributed by atoms with Gasteiger partial charge in [-0.3, -0.25) is 5.32 Å². The van der Waals surface area contributed by atoms with Crippen LogP contribution in [0.1, 0.15) is 17.4 Å². The first-order valence-electron chi connectivity index (χ1n) is 5.90. The highest BCUT2D eigenvalue weighted by molar-refractivity contribution is 7.10. The number of carboxylic acid groups (broad SMARTS) is 1. The number of hydrogen-bond acceptors (Lipinski definition) is 3. The molecule has 19 heavy (non-hydrogen) atoms. The Morgan fingerprint density at radius 3 is 2.63 bits per heavy atom. The lowest BCUT2D eigenvalue weighted by atomic mass is 9.88. The molecule has 1 atom stereocenters. The molecular weight excluding hydrogens is 282 g/mol. The molecule has 0 fully saturated rings. The molecular formula is C14H14ClNO2S. The highest BCUT2D eigenvalue weighted by Gasteiger charge is 2.43. The molecule has 3 nitrogen and oxygen atoms in total. The van der Waals surface area contributed by atoms with Crippen molar-refractivity contribution in [1.82, 2.24) is 5.32 Å².